The van der Waals surface area contributed by atoms with Crippen molar-refractivity contribution in [2.75, 3.05) is 12.8 Å². The molecule has 2 rings (SSSR count). The van der Waals surface area contributed by atoms with Gasteiger partial charge in [0.25, 0.3) is 0 Å². The van der Waals surface area contributed by atoms with Crippen LogP contribution >= 0.6 is 15.9 Å². The fourth-order valence-electron chi connectivity index (χ4n) is 1.56. The predicted molar refractivity (Wildman–Crippen MR) is 77.7 cm³/mol. The van der Waals surface area contributed by atoms with Gasteiger partial charge in [-0.3, -0.25) is 0 Å². The number of H-pyrrole nitrogens is 1. The Labute approximate surface area is 124 Å². The standard InChI is InChI=1S/C11H13BrN4O3S/c1-19-9-4-7(12)8(13)5-10(9)20(17,18)16-6-11-14-2-3-15-11/h2-5,16H,6,13H2,1H3,(H,14,15). The van der Waals surface area contributed by atoms with E-state index in [9.17, 15) is 8.42 Å². The molecule has 0 saturated heterocycles. The van der Waals surface area contributed by atoms with E-state index < -0.39 is 10.0 Å². The Balaban J connectivity index is 2.31. The quantitative estimate of drug-likeness (QED) is 0.694. The van der Waals surface area contributed by atoms with E-state index in [4.69, 9.17) is 10.5 Å². The van der Waals surface area contributed by atoms with Crippen LogP contribution in [0.5, 0.6) is 5.75 Å². The lowest BCUT2D eigenvalue weighted by atomic mass is 10.3. The lowest BCUT2D eigenvalue weighted by Crippen LogP contribution is -2.24. The van der Waals surface area contributed by atoms with Gasteiger partial charge in [0.15, 0.2) is 0 Å². The van der Waals surface area contributed by atoms with E-state index in [1.54, 1.807) is 12.4 Å². The number of sulfonamides is 1. The highest BCUT2D eigenvalue weighted by molar-refractivity contribution is 9.10. The molecule has 0 aliphatic carbocycles. The van der Waals surface area contributed by atoms with Crippen molar-refractivity contribution in [2.45, 2.75) is 11.4 Å². The second-order valence-corrected chi connectivity index (χ2v) is 6.47. The van der Waals surface area contributed by atoms with Gasteiger partial charge in [-0.2, -0.15) is 0 Å². The summed E-state index contributed by atoms with van der Waals surface area (Å²) >= 11 is 3.22. The van der Waals surface area contributed by atoms with Crippen molar-refractivity contribution in [1.29, 1.82) is 0 Å². The summed E-state index contributed by atoms with van der Waals surface area (Å²) in [6.45, 7) is 0.0501. The number of nitrogen functional groups attached to an aromatic ring is 1. The number of rotatable bonds is 5. The minimum atomic E-state index is -3.75. The lowest BCUT2D eigenvalue weighted by molar-refractivity contribution is 0.402. The van der Waals surface area contributed by atoms with E-state index in [1.165, 1.54) is 19.2 Å². The van der Waals surface area contributed by atoms with Crippen molar-refractivity contribution in [1.82, 2.24) is 14.7 Å². The van der Waals surface area contributed by atoms with Crippen LogP contribution in [0.1, 0.15) is 5.82 Å². The van der Waals surface area contributed by atoms with Crippen LogP contribution < -0.4 is 15.2 Å². The van der Waals surface area contributed by atoms with Crippen molar-refractivity contribution in [3.63, 3.8) is 0 Å². The molecule has 0 radical (unpaired) electrons. The molecule has 0 aliphatic rings. The van der Waals surface area contributed by atoms with Crippen LogP contribution in [0.25, 0.3) is 0 Å². The Kier molecular flexibility index (Phi) is 4.31. The maximum absolute atomic E-state index is 12.3. The van der Waals surface area contributed by atoms with Crippen molar-refractivity contribution < 1.29 is 13.2 Å². The van der Waals surface area contributed by atoms with Gasteiger partial charge >= 0.3 is 0 Å². The molecule has 0 aliphatic heterocycles. The molecule has 7 nitrogen and oxygen atoms in total. The number of aromatic nitrogens is 2. The summed E-state index contributed by atoms with van der Waals surface area (Å²) in [4.78, 5) is 6.73. The first-order valence-corrected chi connectivity index (χ1v) is 7.82. The minimum absolute atomic E-state index is 0.0211. The van der Waals surface area contributed by atoms with Gasteiger partial charge < -0.3 is 15.5 Å². The molecule has 0 unspecified atom stereocenters. The smallest absolute Gasteiger partial charge is 0.244 e. The molecule has 0 bridgehead atoms. The fourth-order valence-corrected chi connectivity index (χ4v) is 3.05. The third kappa shape index (κ3) is 3.11. The molecule has 1 heterocycles. The largest absolute Gasteiger partial charge is 0.495 e. The van der Waals surface area contributed by atoms with Gasteiger partial charge in [0.1, 0.15) is 16.5 Å². The molecule has 4 N–H and O–H groups in total. The summed E-state index contributed by atoms with van der Waals surface area (Å²) in [6, 6.07) is 2.85. The Bertz CT molecular complexity index is 701. The molecule has 0 amide bonds. The molecule has 0 fully saturated rings. The van der Waals surface area contributed by atoms with Crippen molar-refractivity contribution in [3.05, 3.63) is 34.8 Å². The average Bonchev–Trinajstić information content (AvgIpc) is 2.92. The van der Waals surface area contributed by atoms with Gasteiger partial charge in [-0.05, 0) is 28.1 Å². The molecular formula is C11H13BrN4O3S. The minimum Gasteiger partial charge on any atom is -0.495 e. The van der Waals surface area contributed by atoms with Crippen molar-refractivity contribution in [3.8, 4) is 5.75 Å². The van der Waals surface area contributed by atoms with Crippen LogP contribution in [-0.2, 0) is 16.6 Å². The summed E-state index contributed by atoms with van der Waals surface area (Å²) < 4.78 is 32.6. The van der Waals surface area contributed by atoms with Crippen LogP contribution in [-0.4, -0.2) is 25.5 Å². The number of imidazole rings is 1. The summed E-state index contributed by atoms with van der Waals surface area (Å²) in [5.41, 5.74) is 6.03. The second kappa shape index (κ2) is 5.81. The van der Waals surface area contributed by atoms with Crippen LogP contribution in [0.4, 0.5) is 5.69 Å². The Morgan fingerprint density at radius 2 is 2.25 bits per heavy atom. The van der Waals surface area contributed by atoms with Gasteiger partial charge in [-0.1, -0.05) is 0 Å². The zero-order valence-corrected chi connectivity index (χ0v) is 13.0. The number of hydrogen-bond donors (Lipinski definition) is 3. The molecule has 20 heavy (non-hydrogen) atoms. The summed E-state index contributed by atoms with van der Waals surface area (Å²) in [5.74, 6) is 0.718. The van der Waals surface area contributed by atoms with Crippen LogP contribution in [0.3, 0.4) is 0 Å². The Hall–Kier alpha value is -1.58. The van der Waals surface area contributed by atoms with E-state index in [0.717, 1.165) is 0 Å². The third-order valence-corrected chi connectivity index (χ3v) is 4.67. The molecule has 108 valence electrons. The first-order chi connectivity index (χ1) is 9.44. The van der Waals surface area contributed by atoms with Gasteiger partial charge in [0, 0.05) is 22.6 Å². The van der Waals surface area contributed by atoms with Gasteiger partial charge in [-0.15, -0.1) is 0 Å². The normalized spacial score (nSPS) is 11.5. The third-order valence-electron chi connectivity index (χ3n) is 2.56. The summed E-state index contributed by atoms with van der Waals surface area (Å²) in [5, 5.41) is 0. The fraction of sp³-hybridized carbons (Fsp3) is 0.182. The van der Waals surface area contributed by atoms with Crippen molar-refractivity contribution >= 4 is 31.6 Å². The highest BCUT2D eigenvalue weighted by atomic mass is 79.9. The van der Waals surface area contributed by atoms with E-state index in [0.29, 0.717) is 16.0 Å². The number of anilines is 1. The van der Waals surface area contributed by atoms with Crippen LogP contribution in [0, 0.1) is 0 Å². The number of halogens is 1. The molecular weight excluding hydrogens is 348 g/mol. The number of benzene rings is 1. The molecule has 1 aromatic carbocycles. The highest BCUT2D eigenvalue weighted by Gasteiger charge is 2.21. The zero-order valence-electron chi connectivity index (χ0n) is 10.6. The van der Waals surface area contributed by atoms with E-state index >= 15 is 0 Å². The summed E-state index contributed by atoms with van der Waals surface area (Å²) in [7, 11) is -2.36. The van der Waals surface area contributed by atoms with Crippen LogP contribution in [0.2, 0.25) is 0 Å². The number of nitrogens with one attached hydrogen (secondary N) is 2. The number of methoxy groups -OCH3 is 1. The second-order valence-electron chi connectivity index (χ2n) is 3.89. The van der Waals surface area contributed by atoms with Gasteiger partial charge in [0.05, 0.1) is 13.7 Å². The van der Waals surface area contributed by atoms with Gasteiger partial charge in [0.2, 0.25) is 10.0 Å². The Morgan fingerprint density at radius 1 is 1.50 bits per heavy atom. The topological polar surface area (TPSA) is 110 Å². The van der Waals surface area contributed by atoms with Crippen molar-refractivity contribution in [2.24, 2.45) is 0 Å². The molecule has 9 heteroatoms. The maximum Gasteiger partial charge on any atom is 0.244 e. The molecule has 2 aromatic rings. The van der Waals surface area contributed by atoms with Gasteiger partial charge in [-0.25, -0.2) is 18.1 Å². The predicted octanol–water partition coefficient (Wildman–Crippen LogP) is 1.24. The molecule has 0 spiro atoms. The number of aromatic amines is 1. The first kappa shape index (κ1) is 14.8. The average molecular weight is 361 g/mol. The van der Waals surface area contributed by atoms with Crippen LogP contribution in [0.15, 0.2) is 33.9 Å². The van der Waals surface area contributed by atoms with E-state index in [1.807, 2.05) is 0 Å². The highest BCUT2D eigenvalue weighted by Crippen LogP contribution is 2.32. The number of nitrogens with zero attached hydrogens (tertiary/aromatic N) is 1. The lowest BCUT2D eigenvalue weighted by Gasteiger charge is -2.12. The monoisotopic (exact) mass is 360 g/mol. The molecule has 1 aromatic heterocycles. The zero-order chi connectivity index (χ0) is 14.8. The number of ether oxygens (including phenoxy) is 1. The molecule has 0 atom stereocenters. The SMILES string of the molecule is COc1cc(Br)c(N)cc1S(=O)(=O)NCc1ncc[nH]1. The summed E-state index contributed by atoms with van der Waals surface area (Å²) in [6.07, 6.45) is 3.16. The van der Waals surface area contributed by atoms with E-state index in [2.05, 4.69) is 30.6 Å². The first-order valence-electron chi connectivity index (χ1n) is 5.55. The number of nitrogens with two attached hydrogens (primary N) is 1. The van der Waals surface area contributed by atoms with E-state index in [-0.39, 0.29) is 17.2 Å². The molecule has 0 saturated carbocycles. The number of hydrogen-bond acceptors (Lipinski definition) is 5. The maximum atomic E-state index is 12.3. The Morgan fingerprint density at radius 3 is 2.85 bits per heavy atom.